The van der Waals surface area contributed by atoms with Crippen molar-refractivity contribution in [1.29, 1.82) is 0 Å². The van der Waals surface area contributed by atoms with E-state index in [4.69, 9.17) is 14.4 Å². The Kier molecular flexibility index (Phi) is 11.2. The fourth-order valence-electron chi connectivity index (χ4n) is 5.57. The highest BCUT2D eigenvalue weighted by Crippen LogP contribution is 2.59. The number of ether oxygens (including phenoxy) is 1. The normalized spacial score (nSPS) is 18.2. The van der Waals surface area contributed by atoms with Crippen LogP contribution in [-0.2, 0) is 9.45 Å². The van der Waals surface area contributed by atoms with Gasteiger partial charge in [-0.3, -0.25) is 9.43 Å². The third-order valence-electron chi connectivity index (χ3n) is 7.90. The zero-order chi connectivity index (χ0) is 32.8. The van der Waals surface area contributed by atoms with Crippen molar-refractivity contribution in [2.24, 2.45) is 11.3 Å². The van der Waals surface area contributed by atoms with E-state index in [0.717, 1.165) is 17.9 Å². The van der Waals surface area contributed by atoms with E-state index >= 15 is 0 Å². The molecule has 1 aliphatic carbocycles. The number of hydrogen-bond donors (Lipinski definition) is 1. The van der Waals surface area contributed by atoms with Crippen LogP contribution in [0.2, 0.25) is 0 Å². The maximum Gasteiger partial charge on any atom is 0.498 e. The summed E-state index contributed by atoms with van der Waals surface area (Å²) in [7, 11) is -0.782. The molecule has 3 aromatic rings. The van der Waals surface area contributed by atoms with Crippen molar-refractivity contribution in [2.45, 2.75) is 90.3 Å². The van der Waals surface area contributed by atoms with Crippen molar-refractivity contribution in [2.75, 3.05) is 18.1 Å². The van der Waals surface area contributed by atoms with Gasteiger partial charge in [0.2, 0.25) is 5.88 Å². The topological polar surface area (TPSA) is 81.5 Å². The summed E-state index contributed by atoms with van der Waals surface area (Å²) < 4.78 is 56.0. The Bertz CT molecular complexity index is 1420. The van der Waals surface area contributed by atoms with Gasteiger partial charge in [0.25, 0.3) is 5.97 Å². The van der Waals surface area contributed by atoms with Gasteiger partial charge < -0.3 is 14.3 Å². The van der Waals surface area contributed by atoms with Crippen LogP contribution in [0.4, 0.5) is 19.0 Å². The predicted octanol–water partition coefficient (Wildman–Crippen LogP) is 6.98. The average Bonchev–Trinajstić information content (AvgIpc) is 3.54. The first kappa shape index (κ1) is 34.7. The minimum Gasteiger partial charge on any atom is -0.516 e. The van der Waals surface area contributed by atoms with Crippen molar-refractivity contribution in [3.63, 3.8) is 0 Å². The van der Waals surface area contributed by atoms with Crippen LogP contribution in [0.1, 0.15) is 73.6 Å². The van der Waals surface area contributed by atoms with E-state index in [2.05, 4.69) is 49.3 Å². The molecule has 1 aromatic carbocycles. The van der Waals surface area contributed by atoms with Crippen LogP contribution in [-0.4, -0.2) is 52.7 Å². The predicted molar refractivity (Wildman–Crippen MR) is 173 cm³/mol. The molecule has 3 heterocycles. The maximum atomic E-state index is 13.3. The standard InChI is InChI=1S/C29H35BF3N5O3S.C3H8/c1-20-18-27(3,4)37(19-20)26-23(30(41-21(2)39)36-42-22-8-6-5-7-9-22)10-11-24(34-26)38-16-12-25(35-38)40-17-15-28(13-14-28)29(31,32)33;1-3-2/h5-12,16,20,36H,13-15,17-19H2,1-4H3;3H2,1-2H3. The molecule has 2 aromatic heterocycles. The molecule has 13 heteroatoms. The number of carbonyl (C=O) groups is 1. The zero-order valence-corrected chi connectivity index (χ0v) is 27.7. The molecule has 2 aliphatic rings. The van der Waals surface area contributed by atoms with E-state index in [1.165, 1.54) is 25.3 Å². The smallest absolute Gasteiger partial charge is 0.498 e. The Labute approximate surface area is 268 Å². The molecule has 1 saturated heterocycles. The Balaban J connectivity index is 0.00000148. The third kappa shape index (κ3) is 8.75. The van der Waals surface area contributed by atoms with Gasteiger partial charge >= 0.3 is 13.2 Å². The number of halogens is 3. The molecule has 0 spiro atoms. The molecule has 1 unspecified atom stereocenters. The molecular formula is C32H43BF3N5O3S. The Morgan fingerprint density at radius 1 is 1.13 bits per heavy atom. The second-order valence-corrected chi connectivity index (χ2v) is 13.4. The fraction of sp³-hybridized carbons (Fsp3) is 0.531. The number of hydrogen-bond acceptors (Lipinski definition) is 8. The van der Waals surface area contributed by atoms with Crippen LogP contribution < -0.4 is 19.7 Å². The monoisotopic (exact) mass is 645 g/mol. The average molecular weight is 646 g/mol. The molecule has 8 nitrogen and oxygen atoms in total. The molecule has 1 saturated carbocycles. The molecule has 1 N–H and O–H groups in total. The second-order valence-electron chi connectivity index (χ2n) is 12.5. The maximum absolute atomic E-state index is 13.3. The summed E-state index contributed by atoms with van der Waals surface area (Å²) in [5.74, 6) is 1.39. The van der Waals surface area contributed by atoms with Crippen LogP contribution in [0.3, 0.4) is 0 Å². The Hall–Kier alpha value is -3.19. The second kappa shape index (κ2) is 14.5. The van der Waals surface area contributed by atoms with E-state index in [9.17, 15) is 18.0 Å². The zero-order valence-electron chi connectivity index (χ0n) is 26.9. The summed E-state index contributed by atoms with van der Waals surface area (Å²) >= 11 is 1.36. The third-order valence-corrected chi connectivity index (χ3v) is 8.74. The van der Waals surface area contributed by atoms with Gasteiger partial charge in [-0.05, 0) is 63.6 Å². The van der Waals surface area contributed by atoms with Gasteiger partial charge in [0, 0.05) is 41.6 Å². The number of nitrogens with one attached hydrogen (secondary N) is 1. The Morgan fingerprint density at radius 2 is 1.82 bits per heavy atom. The molecule has 0 amide bonds. The summed E-state index contributed by atoms with van der Waals surface area (Å²) in [5, 5.41) is 4.43. The van der Waals surface area contributed by atoms with Crippen LogP contribution >= 0.6 is 11.9 Å². The number of aromatic nitrogens is 3. The highest BCUT2D eigenvalue weighted by molar-refractivity contribution is 7.98. The quantitative estimate of drug-likeness (QED) is 0.177. The van der Waals surface area contributed by atoms with Crippen molar-refractivity contribution in [3.8, 4) is 11.7 Å². The summed E-state index contributed by atoms with van der Waals surface area (Å²) in [6, 6.07) is 15.0. The number of carbonyl (C=O) groups excluding carboxylic acids is 1. The molecule has 5 rings (SSSR count). The molecule has 1 atom stereocenters. The lowest BCUT2D eigenvalue weighted by molar-refractivity contribution is -0.190. The number of pyridine rings is 1. The lowest BCUT2D eigenvalue weighted by Crippen LogP contribution is -2.50. The van der Waals surface area contributed by atoms with E-state index < -0.39 is 24.6 Å². The minimum absolute atomic E-state index is 0.0667. The molecule has 0 bridgehead atoms. The highest BCUT2D eigenvalue weighted by Gasteiger charge is 2.62. The van der Waals surface area contributed by atoms with Crippen molar-refractivity contribution < 1.29 is 27.4 Å². The van der Waals surface area contributed by atoms with E-state index in [0.29, 0.717) is 23.0 Å². The van der Waals surface area contributed by atoms with E-state index in [1.54, 1.807) is 23.0 Å². The van der Waals surface area contributed by atoms with Crippen molar-refractivity contribution >= 4 is 36.2 Å². The number of anilines is 1. The number of benzene rings is 1. The summed E-state index contributed by atoms with van der Waals surface area (Å²) in [6.45, 7) is 12.8. The van der Waals surface area contributed by atoms with E-state index in [-0.39, 0.29) is 37.3 Å². The molecule has 45 heavy (non-hydrogen) atoms. The summed E-state index contributed by atoms with van der Waals surface area (Å²) in [5.41, 5.74) is -1.12. The first-order valence-electron chi connectivity index (χ1n) is 15.5. The van der Waals surface area contributed by atoms with Gasteiger partial charge in [0.05, 0.1) is 12.0 Å². The number of rotatable bonds is 11. The highest BCUT2D eigenvalue weighted by atomic mass is 32.2. The molecule has 0 radical (unpaired) electrons. The summed E-state index contributed by atoms with van der Waals surface area (Å²) in [6.07, 6.45) is -0.131. The molecular weight excluding hydrogens is 602 g/mol. The molecule has 2 fully saturated rings. The lowest BCUT2D eigenvalue weighted by Gasteiger charge is -2.34. The first-order chi connectivity index (χ1) is 21.3. The summed E-state index contributed by atoms with van der Waals surface area (Å²) in [4.78, 5) is 20.3. The van der Waals surface area contributed by atoms with Gasteiger partial charge in [-0.2, -0.15) is 13.2 Å². The Morgan fingerprint density at radius 3 is 2.40 bits per heavy atom. The lowest BCUT2D eigenvalue weighted by atomic mass is 9.74. The van der Waals surface area contributed by atoms with Crippen LogP contribution in [0.5, 0.6) is 5.88 Å². The van der Waals surface area contributed by atoms with Gasteiger partial charge in [0.15, 0.2) is 5.82 Å². The minimum atomic E-state index is -4.21. The van der Waals surface area contributed by atoms with Crippen LogP contribution in [0.15, 0.2) is 59.6 Å². The molecule has 244 valence electrons. The van der Waals surface area contributed by atoms with Gasteiger partial charge in [0.1, 0.15) is 5.82 Å². The SMILES string of the molecule is CC(=O)OB(NSc1ccccc1)c1ccc(-n2ccc(OCCC3(C(F)(F)F)CC3)n2)nc1N1CC(C)CC1(C)C.CCC. The van der Waals surface area contributed by atoms with Gasteiger partial charge in [-0.15, -0.1) is 5.10 Å². The van der Waals surface area contributed by atoms with Gasteiger partial charge in [-0.1, -0.05) is 63.4 Å². The number of alkyl halides is 3. The number of nitrogens with zero attached hydrogens (tertiary/aromatic N) is 4. The van der Waals surface area contributed by atoms with Crippen molar-refractivity contribution in [1.82, 2.24) is 19.4 Å². The van der Waals surface area contributed by atoms with E-state index in [1.807, 2.05) is 36.4 Å². The van der Waals surface area contributed by atoms with Crippen LogP contribution in [0.25, 0.3) is 5.82 Å². The van der Waals surface area contributed by atoms with Crippen molar-refractivity contribution in [3.05, 3.63) is 54.7 Å². The van der Waals surface area contributed by atoms with Gasteiger partial charge in [-0.25, -0.2) is 9.67 Å². The first-order valence-corrected chi connectivity index (χ1v) is 16.3. The largest absolute Gasteiger partial charge is 0.516 e. The molecule has 1 aliphatic heterocycles. The van der Waals surface area contributed by atoms with Crippen LogP contribution in [0, 0.1) is 11.3 Å². The fourth-order valence-corrected chi connectivity index (χ4v) is 6.28.